The molecule has 54 heavy (non-hydrogen) atoms. The molecule has 2 aliphatic rings. The molecule has 13 heteroatoms. The first kappa shape index (κ1) is 39.2. The zero-order valence-corrected chi connectivity index (χ0v) is 31.6. The highest BCUT2D eigenvalue weighted by Crippen LogP contribution is 2.45. The molecule has 0 bridgehead atoms. The second-order valence-electron chi connectivity index (χ2n) is 14.1. The molecule has 0 radical (unpaired) electrons. The molecule has 1 fully saturated rings. The Balaban J connectivity index is 1.24. The number of ether oxygens (including phenoxy) is 3. The molecule has 2 aliphatic carbocycles. The van der Waals surface area contributed by atoms with E-state index in [0.717, 1.165) is 46.3 Å². The number of nitrogens with zero attached hydrogens (tertiary/aromatic N) is 3. The van der Waals surface area contributed by atoms with Crippen LogP contribution < -0.4 is 14.8 Å². The van der Waals surface area contributed by atoms with E-state index in [-0.39, 0.29) is 42.4 Å². The summed E-state index contributed by atoms with van der Waals surface area (Å²) in [4.78, 5) is 36.7. The van der Waals surface area contributed by atoms with Crippen LogP contribution in [0.3, 0.4) is 0 Å². The van der Waals surface area contributed by atoms with Gasteiger partial charge in [-0.3, -0.25) is 9.59 Å². The summed E-state index contributed by atoms with van der Waals surface area (Å²) in [6.45, 7) is 2.95. The fourth-order valence-corrected chi connectivity index (χ4v) is 7.96. The zero-order valence-electron chi connectivity index (χ0n) is 30.8. The van der Waals surface area contributed by atoms with Crippen molar-refractivity contribution >= 4 is 23.4 Å². The first-order valence-electron chi connectivity index (χ1n) is 18.2. The van der Waals surface area contributed by atoms with E-state index in [0.29, 0.717) is 60.5 Å². The maximum atomic E-state index is 14.5. The lowest BCUT2D eigenvalue weighted by atomic mass is 9.91. The van der Waals surface area contributed by atoms with Gasteiger partial charge >= 0.3 is 12.1 Å². The van der Waals surface area contributed by atoms with E-state index in [1.54, 1.807) is 14.0 Å². The monoisotopic (exact) mass is 764 g/mol. The zero-order chi connectivity index (χ0) is 38.6. The average Bonchev–Trinajstić information content (AvgIpc) is 3.78. The molecule has 6 rings (SSSR count). The van der Waals surface area contributed by atoms with Crippen molar-refractivity contribution in [2.45, 2.75) is 76.9 Å². The van der Waals surface area contributed by atoms with E-state index >= 15 is 0 Å². The second kappa shape index (κ2) is 16.9. The third-order valence-electron chi connectivity index (χ3n) is 10.5. The maximum absolute atomic E-state index is 14.5. The number of aromatic nitrogens is 3. The largest absolute Gasteiger partial charge is 0.481 e. The number of carbonyl (C=O) groups is 2. The number of methoxy groups -OCH3 is 3. The molecule has 4 aromatic rings. The highest BCUT2D eigenvalue weighted by molar-refractivity contribution is 6.36. The van der Waals surface area contributed by atoms with E-state index in [2.05, 4.69) is 15.3 Å². The van der Waals surface area contributed by atoms with Crippen molar-refractivity contribution in [1.82, 2.24) is 20.3 Å². The first-order valence-corrected chi connectivity index (χ1v) is 18.6. The SMILES string of the molecule is COC(=O)[C@H](C)CCc1nc(C(F)(F)F)c(C[C@H]2CCc3c(-c4cccc(-c5ccc(CNC[C@@H]6CCC(=O)C6)c(OC)n5)c4Cl)cccc32)nc1OC. The van der Waals surface area contributed by atoms with Crippen LogP contribution in [0.25, 0.3) is 22.4 Å². The van der Waals surface area contributed by atoms with Gasteiger partial charge in [0.25, 0.3) is 0 Å². The lowest BCUT2D eigenvalue weighted by Gasteiger charge is -2.19. The lowest BCUT2D eigenvalue weighted by molar-refractivity contribution is -0.145. The second-order valence-corrected chi connectivity index (χ2v) is 14.4. The van der Waals surface area contributed by atoms with Crippen molar-refractivity contribution in [3.8, 4) is 34.1 Å². The summed E-state index contributed by atoms with van der Waals surface area (Å²) in [5.41, 5.74) is 4.76. The molecule has 1 N–H and O–H groups in total. The summed E-state index contributed by atoms with van der Waals surface area (Å²) < 4.78 is 59.2. The Hall–Kier alpha value is -4.55. The summed E-state index contributed by atoms with van der Waals surface area (Å²) in [5.74, 6) is -0.0459. The number of ketones is 1. The third-order valence-corrected chi connectivity index (χ3v) is 10.9. The fourth-order valence-electron chi connectivity index (χ4n) is 7.64. The van der Waals surface area contributed by atoms with Crippen LogP contribution in [0.1, 0.15) is 78.7 Å². The van der Waals surface area contributed by atoms with Crippen molar-refractivity contribution < 1.29 is 37.0 Å². The van der Waals surface area contributed by atoms with Crippen molar-refractivity contribution in [1.29, 1.82) is 0 Å². The molecule has 0 spiro atoms. The highest BCUT2D eigenvalue weighted by atomic mass is 35.5. The van der Waals surface area contributed by atoms with Gasteiger partial charge < -0.3 is 19.5 Å². The third kappa shape index (κ3) is 8.55. The predicted molar refractivity (Wildman–Crippen MR) is 199 cm³/mol. The number of nitrogens with one attached hydrogen (secondary N) is 1. The van der Waals surface area contributed by atoms with Crippen LogP contribution in [0.5, 0.6) is 11.8 Å². The van der Waals surface area contributed by atoms with Crippen molar-refractivity contribution in [3.05, 3.63) is 87.3 Å². The lowest BCUT2D eigenvalue weighted by Crippen LogP contribution is -2.21. The molecule has 0 unspecified atom stereocenters. The summed E-state index contributed by atoms with van der Waals surface area (Å²) in [6, 6.07) is 15.5. The van der Waals surface area contributed by atoms with Crippen LogP contribution in [0.2, 0.25) is 5.02 Å². The Morgan fingerprint density at radius 3 is 2.37 bits per heavy atom. The van der Waals surface area contributed by atoms with E-state index in [1.165, 1.54) is 14.2 Å². The summed E-state index contributed by atoms with van der Waals surface area (Å²) >= 11 is 7.14. The number of fused-ring (bicyclic) bond motifs is 1. The molecule has 2 aromatic heterocycles. The number of hydrogen-bond donors (Lipinski definition) is 1. The number of esters is 1. The van der Waals surface area contributed by atoms with Gasteiger partial charge in [0.05, 0.1) is 43.7 Å². The fraction of sp³-hybridized carbons (Fsp3) is 0.439. The Kier molecular flexibility index (Phi) is 12.2. The summed E-state index contributed by atoms with van der Waals surface area (Å²) in [7, 11) is 4.20. The van der Waals surface area contributed by atoms with Crippen LogP contribution in [-0.2, 0) is 46.3 Å². The molecule has 2 heterocycles. The maximum Gasteiger partial charge on any atom is 0.435 e. The number of hydrogen-bond acceptors (Lipinski definition) is 9. The molecule has 1 saturated carbocycles. The summed E-state index contributed by atoms with van der Waals surface area (Å²) in [6.07, 6.45) is -0.959. The molecule has 9 nitrogen and oxygen atoms in total. The minimum absolute atomic E-state index is 0.0157. The van der Waals surface area contributed by atoms with Gasteiger partial charge in [0, 0.05) is 36.1 Å². The van der Waals surface area contributed by atoms with Gasteiger partial charge in [-0.2, -0.15) is 13.2 Å². The minimum Gasteiger partial charge on any atom is -0.481 e. The Bertz CT molecular complexity index is 2020. The Labute approximate surface area is 318 Å². The van der Waals surface area contributed by atoms with E-state index < -0.39 is 23.8 Å². The number of Topliss-reactive ketones (excluding diaryl/α,β-unsaturated/α-hetero) is 1. The van der Waals surface area contributed by atoms with Crippen molar-refractivity contribution in [2.75, 3.05) is 27.9 Å². The van der Waals surface area contributed by atoms with Crippen LogP contribution in [0.15, 0.2) is 48.5 Å². The number of halogens is 4. The predicted octanol–water partition coefficient (Wildman–Crippen LogP) is 8.37. The van der Waals surface area contributed by atoms with E-state index in [1.807, 2.05) is 48.5 Å². The standard InChI is InChI=1S/C41H44ClF3N4O5/c1-23(40(51)54-4)11-17-34-39(53-3)49-35(37(47-34)41(43,44)45)20-25-13-16-30-28(25)7-5-8-29(30)31-9-6-10-32(36(31)42)33-18-14-26(38(48-33)52-2)22-46-21-24-12-15-27(50)19-24/h5-10,14,18,23-25,46H,11-13,15-17,19-22H2,1-4H3/t23-,24-,25-/m1/s1. The molecule has 0 saturated heterocycles. The van der Waals surface area contributed by atoms with Crippen molar-refractivity contribution in [2.24, 2.45) is 11.8 Å². The smallest absolute Gasteiger partial charge is 0.435 e. The van der Waals surface area contributed by atoms with Crippen molar-refractivity contribution in [3.63, 3.8) is 0 Å². The van der Waals surface area contributed by atoms with E-state index in [4.69, 9.17) is 30.8 Å². The van der Waals surface area contributed by atoms with Gasteiger partial charge in [-0.25, -0.2) is 15.0 Å². The quantitative estimate of drug-likeness (QED) is 0.127. The van der Waals surface area contributed by atoms with Crippen LogP contribution in [0, 0.1) is 11.8 Å². The van der Waals surface area contributed by atoms with Gasteiger partial charge in [0.15, 0.2) is 5.69 Å². The molecule has 2 aromatic carbocycles. The van der Waals surface area contributed by atoms with Crippen LogP contribution in [-0.4, -0.2) is 54.6 Å². The number of alkyl halides is 3. The molecular formula is C41H44ClF3N4O5. The van der Waals surface area contributed by atoms with Gasteiger partial charge in [-0.1, -0.05) is 61.0 Å². The minimum atomic E-state index is -4.74. The number of carbonyl (C=O) groups excluding carboxylic acids is 2. The molecule has 286 valence electrons. The molecule has 3 atom stereocenters. The number of aryl methyl sites for hydroxylation is 1. The van der Waals surface area contributed by atoms with Crippen LogP contribution in [0.4, 0.5) is 13.2 Å². The average molecular weight is 765 g/mol. The van der Waals surface area contributed by atoms with E-state index in [9.17, 15) is 22.8 Å². The molecule has 0 aliphatic heterocycles. The number of pyridine rings is 1. The van der Waals surface area contributed by atoms with Gasteiger partial charge in [0.2, 0.25) is 11.8 Å². The number of benzene rings is 2. The molecule has 0 amide bonds. The number of rotatable bonds is 14. The van der Waals surface area contributed by atoms with Gasteiger partial charge in [0.1, 0.15) is 11.5 Å². The van der Waals surface area contributed by atoms with Crippen LogP contribution >= 0.6 is 11.6 Å². The van der Waals surface area contributed by atoms with Gasteiger partial charge in [-0.15, -0.1) is 0 Å². The topological polar surface area (TPSA) is 113 Å². The Morgan fingerprint density at radius 2 is 1.67 bits per heavy atom. The van der Waals surface area contributed by atoms with Gasteiger partial charge in [-0.05, 0) is 79.7 Å². The first-order chi connectivity index (χ1) is 25.9. The molecular weight excluding hydrogens is 721 g/mol. The normalized spacial score (nSPS) is 17.4. The highest BCUT2D eigenvalue weighted by Gasteiger charge is 2.39. The summed E-state index contributed by atoms with van der Waals surface area (Å²) in [5, 5.41) is 3.94. The Morgan fingerprint density at radius 1 is 0.926 bits per heavy atom.